The third-order valence-electron chi connectivity index (χ3n) is 5.92. The molecule has 0 spiro atoms. The van der Waals surface area contributed by atoms with Gasteiger partial charge in [-0.15, -0.1) is 0 Å². The minimum atomic E-state index is -0.499. The van der Waals surface area contributed by atoms with Gasteiger partial charge in [0.1, 0.15) is 5.75 Å². The maximum Gasteiger partial charge on any atom is 0.223 e. The molecular formula is C23H27ClN6O3. The maximum atomic E-state index is 12.6. The Morgan fingerprint density at radius 3 is 2.82 bits per heavy atom. The molecule has 1 fully saturated rings. The number of amides is 2. The van der Waals surface area contributed by atoms with E-state index in [0.29, 0.717) is 36.8 Å². The molecule has 3 aromatic rings. The van der Waals surface area contributed by atoms with Gasteiger partial charge in [0.2, 0.25) is 11.8 Å². The Labute approximate surface area is 196 Å². The van der Waals surface area contributed by atoms with Crippen molar-refractivity contribution < 1.29 is 14.3 Å². The smallest absolute Gasteiger partial charge is 0.223 e. The first-order chi connectivity index (χ1) is 15.9. The number of rotatable bonds is 9. The monoisotopic (exact) mass is 470 g/mol. The van der Waals surface area contributed by atoms with E-state index < -0.39 is 11.9 Å². The molecule has 1 saturated heterocycles. The number of ether oxygens (including phenoxy) is 1. The number of nitrogens with one attached hydrogen (secondary N) is 1. The summed E-state index contributed by atoms with van der Waals surface area (Å²) < 4.78 is 7.04. The van der Waals surface area contributed by atoms with Crippen molar-refractivity contribution in [3.05, 3.63) is 46.7 Å². The molecule has 9 nitrogen and oxygen atoms in total. The molecule has 4 rings (SSSR count). The summed E-state index contributed by atoms with van der Waals surface area (Å²) in [5.74, 6) is 0.140. The highest BCUT2D eigenvalue weighted by atomic mass is 35.5. The Morgan fingerprint density at radius 1 is 1.36 bits per heavy atom. The Hall–Kier alpha value is -3.33. The highest BCUT2D eigenvalue weighted by Crippen LogP contribution is 2.37. The molecule has 1 unspecified atom stereocenters. The van der Waals surface area contributed by atoms with Crippen LogP contribution in [0.3, 0.4) is 0 Å². The number of halogens is 1. The summed E-state index contributed by atoms with van der Waals surface area (Å²) >= 11 is 6.30. The number of benzene rings is 1. The molecule has 3 heterocycles. The number of hydrogen-bond acceptors (Lipinski definition) is 6. The fourth-order valence-electron chi connectivity index (χ4n) is 4.31. The van der Waals surface area contributed by atoms with Gasteiger partial charge in [-0.25, -0.2) is 9.67 Å². The number of carbonyl (C=O) groups excluding carboxylic acids is 2. The van der Waals surface area contributed by atoms with Gasteiger partial charge in [0.05, 0.1) is 41.9 Å². The van der Waals surface area contributed by atoms with Crippen LogP contribution in [0.25, 0.3) is 11.0 Å². The Morgan fingerprint density at radius 2 is 2.18 bits per heavy atom. The van der Waals surface area contributed by atoms with Gasteiger partial charge in [0, 0.05) is 37.8 Å². The van der Waals surface area contributed by atoms with Crippen molar-refractivity contribution >= 4 is 40.1 Å². The van der Waals surface area contributed by atoms with Crippen LogP contribution < -0.4 is 15.8 Å². The van der Waals surface area contributed by atoms with Gasteiger partial charge in [-0.3, -0.25) is 9.59 Å². The third-order valence-corrected chi connectivity index (χ3v) is 6.22. The Balaban J connectivity index is 1.77. The summed E-state index contributed by atoms with van der Waals surface area (Å²) in [5, 5.41) is 9.26. The first-order valence-corrected chi connectivity index (χ1v) is 11.3. The van der Waals surface area contributed by atoms with Gasteiger partial charge < -0.3 is 20.7 Å². The number of methoxy groups -OCH3 is 1. The number of hydrogen-bond donors (Lipinski definition) is 2. The summed E-state index contributed by atoms with van der Waals surface area (Å²) in [6, 6.07) is 5.08. The van der Waals surface area contributed by atoms with E-state index in [1.54, 1.807) is 29.1 Å². The number of aryl methyl sites for hydroxylation is 1. The molecule has 3 N–H and O–H groups in total. The lowest BCUT2D eigenvalue weighted by molar-refractivity contribution is -0.130. The van der Waals surface area contributed by atoms with Crippen LogP contribution in [0.1, 0.15) is 43.4 Å². The van der Waals surface area contributed by atoms with E-state index in [2.05, 4.69) is 15.4 Å². The fraction of sp³-hybridized carbons (Fsp3) is 0.391. The zero-order valence-corrected chi connectivity index (χ0v) is 19.4. The molecule has 1 aliphatic heterocycles. The van der Waals surface area contributed by atoms with Crippen LogP contribution in [-0.4, -0.2) is 45.1 Å². The number of fused-ring (bicyclic) bond motifs is 1. The van der Waals surface area contributed by atoms with E-state index in [-0.39, 0.29) is 12.3 Å². The average Bonchev–Trinajstić information content (AvgIpc) is 3.41. The lowest BCUT2D eigenvalue weighted by Gasteiger charge is -2.29. The molecule has 0 aliphatic carbocycles. The molecule has 1 atom stereocenters. The predicted molar refractivity (Wildman–Crippen MR) is 126 cm³/mol. The normalized spacial score (nSPS) is 14.6. The van der Waals surface area contributed by atoms with Crippen molar-refractivity contribution in [3.8, 4) is 5.75 Å². The summed E-state index contributed by atoms with van der Waals surface area (Å²) in [4.78, 5) is 30.9. The SMILES string of the molecule is CCn1ncc2c(NCc3ccc(OC)c(Cl)c3)c(C(CC(N)=O)N3CCCC3=O)cnc21. The molecule has 0 saturated carbocycles. The van der Waals surface area contributed by atoms with Crippen LogP contribution in [0.15, 0.2) is 30.6 Å². The van der Waals surface area contributed by atoms with Crippen molar-refractivity contribution in [2.24, 2.45) is 5.73 Å². The van der Waals surface area contributed by atoms with Crippen molar-refractivity contribution in [1.29, 1.82) is 0 Å². The number of carbonyl (C=O) groups is 2. The second-order valence-electron chi connectivity index (χ2n) is 7.99. The Bertz CT molecular complexity index is 1190. The van der Waals surface area contributed by atoms with Gasteiger partial charge in [-0.1, -0.05) is 17.7 Å². The first kappa shape index (κ1) is 22.8. The van der Waals surface area contributed by atoms with Gasteiger partial charge >= 0.3 is 0 Å². The van der Waals surface area contributed by atoms with Gasteiger partial charge in [-0.05, 0) is 31.0 Å². The standard InChI is InChI=1S/C23H27ClN6O3/c1-3-30-23-16(13-28-30)22(26-11-14-6-7-19(33-2)17(24)9-14)15(12-27-23)18(10-20(25)31)29-8-4-5-21(29)32/h6-7,9,12-13,18H,3-5,8,10-11H2,1-2H3,(H2,25,31)(H,26,27). The first-order valence-electron chi connectivity index (χ1n) is 10.9. The summed E-state index contributed by atoms with van der Waals surface area (Å²) in [6.07, 6.45) is 4.71. The van der Waals surface area contributed by atoms with E-state index in [4.69, 9.17) is 22.1 Å². The van der Waals surface area contributed by atoms with Crippen molar-refractivity contribution in [3.63, 3.8) is 0 Å². The molecule has 174 valence electrons. The fourth-order valence-corrected chi connectivity index (χ4v) is 4.59. The molecule has 2 amide bonds. The molecule has 0 radical (unpaired) electrons. The number of anilines is 1. The van der Waals surface area contributed by atoms with E-state index in [9.17, 15) is 9.59 Å². The molecule has 1 aromatic carbocycles. The van der Waals surface area contributed by atoms with Gasteiger partial charge in [-0.2, -0.15) is 5.10 Å². The average molecular weight is 471 g/mol. The summed E-state index contributed by atoms with van der Waals surface area (Å²) in [7, 11) is 1.57. The van der Waals surface area contributed by atoms with Crippen LogP contribution in [0.4, 0.5) is 5.69 Å². The second kappa shape index (κ2) is 9.66. The van der Waals surface area contributed by atoms with Crippen molar-refractivity contribution in [1.82, 2.24) is 19.7 Å². The van der Waals surface area contributed by atoms with Gasteiger partial charge in [0.25, 0.3) is 0 Å². The van der Waals surface area contributed by atoms with Gasteiger partial charge in [0.15, 0.2) is 5.65 Å². The van der Waals surface area contributed by atoms with Crippen molar-refractivity contribution in [2.75, 3.05) is 19.0 Å². The highest BCUT2D eigenvalue weighted by molar-refractivity contribution is 6.32. The minimum Gasteiger partial charge on any atom is -0.495 e. The summed E-state index contributed by atoms with van der Waals surface area (Å²) in [5.41, 5.74) is 8.77. The van der Waals surface area contributed by atoms with E-state index in [1.165, 1.54) is 0 Å². The summed E-state index contributed by atoms with van der Waals surface area (Å²) in [6.45, 7) is 3.70. The molecule has 33 heavy (non-hydrogen) atoms. The minimum absolute atomic E-state index is 0.0125. The van der Waals surface area contributed by atoms with Crippen LogP contribution in [0.2, 0.25) is 5.02 Å². The number of likely N-dealkylation sites (tertiary alicyclic amines) is 1. The zero-order valence-electron chi connectivity index (χ0n) is 18.7. The number of pyridine rings is 1. The molecule has 0 bridgehead atoms. The predicted octanol–water partition coefficient (Wildman–Crippen LogP) is 3.26. The van der Waals surface area contributed by atoms with E-state index in [1.807, 2.05) is 25.1 Å². The van der Waals surface area contributed by atoms with Crippen LogP contribution in [0.5, 0.6) is 5.75 Å². The lowest BCUT2D eigenvalue weighted by Crippen LogP contribution is -2.33. The second-order valence-corrected chi connectivity index (χ2v) is 8.39. The molecule has 1 aliphatic rings. The van der Waals surface area contributed by atoms with E-state index >= 15 is 0 Å². The molecular weight excluding hydrogens is 444 g/mol. The number of aromatic nitrogens is 3. The topological polar surface area (TPSA) is 115 Å². The van der Waals surface area contributed by atoms with Crippen LogP contribution in [0, 0.1) is 0 Å². The number of nitrogens with zero attached hydrogens (tertiary/aromatic N) is 4. The quantitative estimate of drug-likeness (QED) is 0.496. The van der Waals surface area contributed by atoms with Crippen LogP contribution in [-0.2, 0) is 22.7 Å². The molecule has 10 heteroatoms. The Kier molecular flexibility index (Phi) is 6.69. The maximum absolute atomic E-state index is 12.6. The zero-order chi connectivity index (χ0) is 23.5. The number of primary amides is 1. The lowest BCUT2D eigenvalue weighted by atomic mass is 10.00. The van der Waals surface area contributed by atoms with E-state index in [0.717, 1.165) is 34.3 Å². The van der Waals surface area contributed by atoms with Crippen molar-refractivity contribution in [2.45, 2.75) is 45.3 Å². The largest absolute Gasteiger partial charge is 0.495 e. The van der Waals surface area contributed by atoms with Crippen LogP contribution >= 0.6 is 11.6 Å². The highest BCUT2D eigenvalue weighted by Gasteiger charge is 2.32. The number of nitrogens with two attached hydrogens (primary N) is 1. The third kappa shape index (κ3) is 4.59. The molecule has 2 aromatic heterocycles.